The maximum Gasteiger partial charge on any atom is 0.695 e. The molecular weight excluding hydrogens is 326 g/mol. The monoisotopic (exact) mass is 339 g/mol. The Morgan fingerprint density at radius 1 is 1.59 bits per heavy atom. The summed E-state index contributed by atoms with van der Waals surface area (Å²) >= 11 is 0. The van der Waals surface area contributed by atoms with E-state index in [2.05, 4.69) is 4.52 Å². The normalized spacial score (nSPS) is 32.2. The molecule has 0 spiro atoms. The van der Waals surface area contributed by atoms with Crippen molar-refractivity contribution in [3.63, 3.8) is 0 Å². The van der Waals surface area contributed by atoms with Gasteiger partial charge in [-0.3, -0.25) is 14.3 Å². The second-order valence-corrected chi connectivity index (χ2v) is 5.09. The van der Waals surface area contributed by atoms with Crippen LogP contribution in [0.4, 0.5) is 4.39 Å². The van der Waals surface area contributed by atoms with Gasteiger partial charge in [0.05, 0.1) is 0 Å². The van der Waals surface area contributed by atoms with Gasteiger partial charge in [0.25, 0.3) is 5.56 Å². The van der Waals surface area contributed by atoms with Crippen molar-refractivity contribution in [3.05, 3.63) is 33.1 Å². The Labute approximate surface area is 123 Å². The van der Waals surface area contributed by atoms with E-state index in [1.54, 1.807) is 0 Å². The summed E-state index contributed by atoms with van der Waals surface area (Å²) in [7, 11) is -2.14. The fourth-order valence-corrected chi connectivity index (χ4v) is 2.63. The number of hydrogen-bond donors (Lipinski definition) is 3. The van der Waals surface area contributed by atoms with E-state index in [9.17, 15) is 23.7 Å². The number of halogens is 1. The standard InChI is InChI=1S/C10H12FN2O8P/c1-19-10(4-14)7(21-22(17)18)6(11)8(20-10)13-3-2-5(15)12-9(13)16/h2-3,6-8,14H,4H2,1H3,(H-,12,15,16,17,18)/p+1/t6-,7?,8+,10+/m0/s1. The van der Waals surface area contributed by atoms with Crippen LogP contribution in [-0.2, 0) is 18.6 Å². The summed E-state index contributed by atoms with van der Waals surface area (Å²) in [6.07, 6.45) is -4.53. The Morgan fingerprint density at radius 2 is 2.27 bits per heavy atom. The van der Waals surface area contributed by atoms with Gasteiger partial charge in [0, 0.05) is 23.9 Å². The molecular formula is C10H13FN2O8P+. The number of H-pyrrole nitrogens is 1. The number of ether oxygens (including phenoxy) is 2. The van der Waals surface area contributed by atoms with Crippen LogP contribution in [0.2, 0.25) is 0 Å². The largest absolute Gasteiger partial charge is 0.695 e. The van der Waals surface area contributed by atoms with Gasteiger partial charge in [0.15, 0.2) is 12.4 Å². The predicted octanol–water partition coefficient (Wildman–Crippen LogP) is -1.23. The minimum absolute atomic E-state index is 0.693. The van der Waals surface area contributed by atoms with E-state index < -0.39 is 50.4 Å². The average molecular weight is 339 g/mol. The lowest BCUT2D eigenvalue weighted by Gasteiger charge is -2.27. The van der Waals surface area contributed by atoms with E-state index in [0.29, 0.717) is 4.57 Å². The molecule has 1 fully saturated rings. The fourth-order valence-electron chi connectivity index (χ4n) is 2.16. The molecule has 2 unspecified atom stereocenters. The van der Waals surface area contributed by atoms with Crippen LogP contribution in [0.25, 0.3) is 0 Å². The molecule has 0 bridgehead atoms. The second kappa shape index (κ2) is 6.32. The summed E-state index contributed by atoms with van der Waals surface area (Å²) < 4.78 is 40.7. The van der Waals surface area contributed by atoms with Crippen molar-refractivity contribution in [2.45, 2.75) is 24.3 Å². The highest BCUT2D eigenvalue weighted by Gasteiger charge is 2.61. The van der Waals surface area contributed by atoms with Crippen LogP contribution in [0.3, 0.4) is 0 Å². The first-order chi connectivity index (χ1) is 10.3. The van der Waals surface area contributed by atoms with Gasteiger partial charge in [-0.1, -0.05) is 0 Å². The Kier molecular flexibility index (Phi) is 4.85. The molecule has 0 aromatic carbocycles. The third-order valence-corrected chi connectivity index (χ3v) is 3.62. The molecule has 0 aliphatic carbocycles. The van der Waals surface area contributed by atoms with Crippen LogP contribution in [0.15, 0.2) is 21.9 Å². The average Bonchev–Trinajstić information content (AvgIpc) is 2.73. The lowest BCUT2D eigenvalue weighted by atomic mass is 10.1. The number of aromatic amines is 1. The van der Waals surface area contributed by atoms with Crippen LogP contribution in [0.5, 0.6) is 0 Å². The van der Waals surface area contributed by atoms with Crippen molar-refractivity contribution >= 4 is 8.25 Å². The van der Waals surface area contributed by atoms with Crippen LogP contribution in [0.1, 0.15) is 6.23 Å². The lowest BCUT2D eigenvalue weighted by molar-refractivity contribution is -0.266. The van der Waals surface area contributed by atoms with E-state index in [1.165, 1.54) is 0 Å². The van der Waals surface area contributed by atoms with Crippen LogP contribution in [0, 0.1) is 0 Å². The Balaban J connectivity index is 2.45. The number of rotatable bonds is 5. The van der Waals surface area contributed by atoms with Gasteiger partial charge < -0.3 is 14.6 Å². The first-order valence-corrected chi connectivity index (χ1v) is 7.10. The van der Waals surface area contributed by atoms with Gasteiger partial charge in [-0.2, -0.15) is 0 Å². The zero-order valence-corrected chi connectivity index (χ0v) is 12.1. The molecule has 0 amide bonds. The summed E-state index contributed by atoms with van der Waals surface area (Å²) in [4.78, 5) is 33.4. The van der Waals surface area contributed by atoms with Crippen LogP contribution in [-0.4, -0.2) is 51.3 Å². The second-order valence-electron chi connectivity index (χ2n) is 4.41. The van der Waals surface area contributed by atoms with Gasteiger partial charge in [-0.15, -0.1) is 9.42 Å². The number of aliphatic hydroxyl groups excluding tert-OH is 1. The number of methoxy groups -OCH3 is 1. The zero-order chi connectivity index (χ0) is 16.5. The van der Waals surface area contributed by atoms with Gasteiger partial charge in [-0.05, 0) is 0 Å². The van der Waals surface area contributed by atoms with Gasteiger partial charge in [-0.25, -0.2) is 9.18 Å². The molecule has 10 nitrogen and oxygen atoms in total. The first-order valence-electron chi connectivity index (χ1n) is 5.97. The number of nitrogens with zero attached hydrogens (tertiary/aromatic N) is 1. The third kappa shape index (κ3) is 2.86. The van der Waals surface area contributed by atoms with Crippen molar-refractivity contribution < 1.29 is 33.0 Å². The first kappa shape index (κ1) is 16.9. The van der Waals surface area contributed by atoms with E-state index in [4.69, 9.17) is 14.4 Å². The number of alkyl halides is 1. The Morgan fingerprint density at radius 3 is 2.77 bits per heavy atom. The minimum atomic E-state index is -3.22. The SMILES string of the molecule is CO[C@]1(CO)O[C@@H](n2ccc(=O)[nH]c2=O)[C@@H](F)C1O[P+](=O)O. The van der Waals surface area contributed by atoms with Crippen LogP contribution < -0.4 is 11.2 Å². The van der Waals surface area contributed by atoms with Crippen molar-refractivity contribution in [1.29, 1.82) is 0 Å². The molecule has 1 aromatic rings. The maximum absolute atomic E-state index is 14.5. The number of aromatic nitrogens is 2. The molecule has 22 heavy (non-hydrogen) atoms. The molecule has 1 aliphatic rings. The Bertz CT molecular complexity index is 671. The summed E-state index contributed by atoms with van der Waals surface area (Å²) in [6, 6.07) is 0.964. The molecule has 2 heterocycles. The van der Waals surface area contributed by atoms with E-state index in [1.807, 2.05) is 4.98 Å². The number of hydrogen-bond acceptors (Lipinski definition) is 7. The fraction of sp³-hybridized carbons (Fsp3) is 0.600. The molecule has 12 heteroatoms. The molecule has 0 radical (unpaired) electrons. The summed E-state index contributed by atoms with van der Waals surface area (Å²) in [5.41, 5.74) is -1.65. The summed E-state index contributed by atoms with van der Waals surface area (Å²) in [6.45, 7) is -0.896. The predicted molar refractivity (Wildman–Crippen MR) is 67.9 cm³/mol. The maximum atomic E-state index is 14.5. The molecule has 0 saturated carbocycles. The highest BCUT2D eigenvalue weighted by atomic mass is 31.1. The smallest absolute Gasteiger partial charge is 0.391 e. The molecule has 2 rings (SSSR count). The Hall–Kier alpha value is -1.49. The number of aliphatic hydroxyl groups is 1. The van der Waals surface area contributed by atoms with Crippen molar-refractivity contribution in [2.75, 3.05) is 13.7 Å². The topological polar surface area (TPSA) is 140 Å². The van der Waals surface area contributed by atoms with Gasteiger partial charge in [0.2, 0.25) is 11.9 Å². The molecule has 122 valence electrons. The third-order valence-electron chi connectivity index (χ3n) is 3.21. The van der Waals surface area contributed by atoms with Crippen molar-refractivity contribution in [1.82, 2.24) is 9.55 Å². The molecule has 1 aliphatic heterocycles. The number of nitrogens with one attached hydrogen (secondary N) is 1. The van der Waals surface area contributed by atoms with Gasteiger partial charge >= 0.3 is 13.9 Å². The minimum Gasteiger partial charge on any atom is -0.391 e. The molecule has 3 N–H and O–H groups in total. The van der Waals surface area contributed by atoms with Crippen LogP contribution >= 0.6 is 8.25 Å². The molecule has 1 saturated heterocycles. The van der Waals surface area contributed by atoms with Crippen molar-refractivity contribution in [2.24, 2.45) is 0 Å². The highest BCUT2D eigenvalue weighted by molar-refractivity contribution is 7.32. The van der Waals surface area contributed by atoms with Crippen molar-refractivity contribution in [3.8, 4) is 0 Å². The van der Waals surface area contributed by atoms with E-state index in [0.717, 1.165) is 19.4 Å². The van der Waals surface area contributed by atoms with E-state index in [-0.39, 0.29) is 0 Å². The quantitative estimate of drug-likeness (QED) is 0.567. The highest BCUT2D eigenvalue weighted by Crippen LogP contribution is 2.43. The van der Waals surface area contributed by atoms with E-state index >= 15 is 0 Å². The zero-order valence-electron chi connectivity index (χ0n) is 11.2. The summed E-state index contributed by atoms with van der Waals surface area (Å²) in [5, 5.41) is 9.38. The summed E-state index contributed by atoms with van der Waals surface area (Å²) in [5.74, 6) is -2.08. The van der Waals surface area contributed by atoms with Gasteiger partial charge in [0.1, 0.15) is 6.61 Å². The molecule has 5 atom stereocenters. The lowest BCUT2D eigenvalue weighted by Crippen LogP contribution is -2.47. The molecule has 1 aromatic heterocycles.